The van der Waals surface area contributed by atoms with Gasteiger partial charge in [-0.3, -0.25) is 4.79 Å². The van der Waals surface area contributed by atoms with Crippen molar-refractivity contribution in [3.8, 4) is 0 Å². The molecule has 2 rings (SSSR count). The molecule has 1 fully saturated rings. The number of aliphatic hydroxyl groups is 1. The zero-order valence-electron chi connectivity index (χ0n) is 12.7. The molecule has 1 aromatic rings. The molecule has 0 bridgehead atoms. The van der Waals surface area contributed by atoms with Crippen LogP contribution >= 0.6 is 0 Å². The Bertz CT molecular complexity index is 443. The predicted molar refractivity (Wildman–Crippen MR) is 79.6 cm³/mol. The van der Waals surface area contributed by atoms with Gasteiger partial charge in [-0.2, -0.15) is 0 Å². The summed E-state index contributed by atoms with van der Waals surface area (Å²) in [5.41, 5.74) is 0.984. The van der Waals surface area contributed by atoms with Crippen molar-refractivity contribution < 1.29 is 19.4 Å². The molecule has 4 heteroatoms. The highest BCUT2D eigenvalue weighted by Crippen LogP contribution is 2.28. The molecule has 0 aliphatic carbocycles. The van der Waals surface area contributed by atoms with E-state index in [1.807, 2.05) is 37.3 Å². The van der Waals surface area contributed by atoms with Gasteiger partial charge in [0, 0.05) is 0 Å². The van der Waals surface area contributed by atoms with Crippen molar-refractivity contribution in [2.75, 3.05) is 0 Å². The maximum absolute atomic E-state index is 12.1. The first-order valence-corrected chi connectivity index (χ1v) is 7.60. The Morgan fingerprint density at radius 2 is 2.05 bits per heavy atom. The van der Waals surface area contributed by atoms with Crippen LogP contribution in [0.2, 0.25) is 0 Å². The molecule has 116 valence electrons. The third-order valence-corrected chi connectivity index (χ3v) is 3.90. The van der Waals surface area contributed by atoms with Gasteiger partial charge >= 0.3 is 5.97 Å². The van der Waals surface area contributed by atoms with Gasteiger partial charge in [0.2, 0.25) is 0 Å². The Balaban J connectivity index is 1.77. The van der Waals surface area contributed by atoms with Gasteiger partial charge in [-0.15, -0.1) is 0 Å². The molecular weight excluding hydrogens is 268 g/mol. The molecule has 0 amide bonds. The molecule has 1 heterocycles. The molecule has 1 aliphatic heterocycles. The van der Waals surface area contributed by atoms with Crippen molar-refractivity contribution >= 4 is 5.97 Å². The number of carbonyl (C=O) groups excluding carboxylic acids is 1. The van der Waals surface area contributed by atoms with E-state index in [1.54, 1.807) is 6.92 Å². The quantitative estimate of drug-likeness (QED) is 0.819. The fourth-order valence-electron chi connectivity index (χ4n) is 2.67. The summed E-state index contributed by atoms with van der Waals surface area (Å²) in [6, 6.07) is 9.65. The van der Waals surface area contributed by atoms with E-state index in [9.17, 15) is 9.90 Å². The van der Waals surface area contributed by atoms with Gasteiger partial charge in [0.05, 0.1) is 24.2 Å². The monoisotopic (exact) mass is 292 g/mol. The highest BCUT2D eigenvalue weighted by atomic mass is 16.5. The molecule has 0 saturated carbocycles. The SMILES string of the molecule is C[C@H](O)C[C@@H]1CC[C@H]([C@@H](C)C(=O)OCc2ccccc2)O1. The first-order chi connectivity index (χ1) is 10.1. The second-order valence-corrected chi connectivity index (χ2v) is 5.84. The largest absolute Gasteiger partial charge is 0.461 e. The van der Waals surface area contributed by atoms with E-state index in [2.05, 4.69) is 0 Å². The normalized spacial score (nSPS) is 24.5. The fraction of sp³-hybridized carbons (Fsp3) is 0.588. The van der Waals surface area contributed by atoms with Gasteiger partial charge in [-0.25, -0.2) is 0 Å². The first-order valence-electron chi connectivity index (χ1n) is 7.60. The number of aliphatic hydroxyl groups excluding tert-OH is 1. The summed E-state index contributed by atoms with van der Waals surface area (Å²) < 4.78 is 11.2. The predicted octanol–water partition coefficient (Wildman–Crippen LogP) is 2.68. The van der Waals surface area contributed by atoms with Crippen molar-refractivity contribution in [1.82, 2.24) is 0 Å². The Labute approximate surface area is 126 Å². The molecule has 4 atom stereocenters. The molecular formula is C17H24O4. The molecule has 0 spiro atoms. The zero-order chi connectivity index (χ0) is 15.2. The summed E-state index contributed by atoms with van der Waals surface area (Å²) in [6.07, 6.45) is 1.96. The third-order valence-electron chi connectivity index (χ3n) is 3.90. The highest BCUT2D eigenvalue weighted by molar-refractivity contribution is 5.72. The molecule has 0 radical (unpaired) electrons. The Kier molecular flexibility index (Phi) is 5.76. The number of hydrogen-bond acceptors (Lipinski definition) is 4. The summed E-state index contributed by atoms with van der Waals surface area (Å²) in [7, 11) is 0. The molecule has 1 saturated heterocycles. The lowest BCUT2D eigenvalue weighted by Gasteiger charge is -2.19. The van der Waals surface area contributed by atoms with Crippen LogP contribution in [-0.2, 0) is 20.9 Å². The van der Waals surface area contributed by atoms with Gasteiger partial charge < -0.3 is 14.6 Å². The van der Waals surface area contributed by atoms with Crippen molar-refractivity contribution in [1.29, 1.82) is 0 Å². The number of hydrogen-bond donors (Lipinski definition) is 1. The van der Waals surface area contributed by atoms with E-state index in [0.717, 1.165) is 18.4 Å². The standard InChI is InChI=1S/C17H24O4/c1-12(18)10-15-8-9-16(21-15)13(2)17(19)20-11-14-6-4-3-5-7-14/h3-7,12-13,15-16,18H,8-11H2,1-2H3/t12-,13+,15-,16+/m0/s1. The Morgan fingerprint density at radius 3 is 2.71 bits per heavy atom. The zero-order valence-corrected chi connectivity index (χ0v) is 12.7. The molecule has 1 aliphatic rings. The summed E-state index contributed by atoms with van der Waals surface area (Å²) in [5.74, 6) is -0.491. The molecule has 21 heavy (non-hydrogen) atoms. The first kappa shape index (κ1) is 16.0. The molecule has 1 aromatic carbocycles. The molecule has 1 N–H and O–H groups in total. The summed E-state index contributed by atoms with van der Waals surface area (Å²) in [5, 5.41) is 9.39. The Morgan fingerprint density at radius 1 is 1.33 bits per heavy atom. The average molecular weight is 292 g/mol. The third kappa shape index (κ3) is 4.83. The minimum atomic E-state index is -0.367. The van der Waals surface area contributed by atoms with Crippen molar-refractivity contribution in [3.63, 3.8) is 0 Å². The van der Waals surface area contributed by atoms with Crippen LogP contribution in [0.25, 0.3) is 0 Å². The van der Waals surface area contributed by atoms with Gasteiger partial charge in [-0.05, 0) is 38.7 Å². The lowest BCUT2D eigenvalue weighted by molar-refractivity contribution is -0.154. The van der Waals surface area contributed by atoms with Crippen LogP contribution in [0.3, 0.4) is 0 Å². The van der Waals surface area contributed by atoms with Crippen LogP contribution in [0.4, 0.5) is 0 Å². The molecule has 4 nitrogen and oxygen atoms in total. The topological polar surface area (TPSA) is 55.8 Å². The number of rotatable bonds is 6. The Hall–Kier alpha value is -1.39. The number of benzene rings is 1. The van der Waals surface area contributed by atoms with Crippen molar-refractivity contribution in [2.45, 2.75) is 58.0 Å². The second-order valence-electron chi connectivity index (χ2n) is 5.84. The van der Waals surface area contributed by atoms with Gasteiger partial charge in [-0.1, -0.05) is 30.3 Å². The van der Waals surface area contributed by atoms with E-state index in [-0.39, 0.29) is 30.2 Å². The van der Waals surface area contributed by atoms with Gasteiger partial charge in [0.15, 0.2) is 0 Å². The van der Waals surface area contributed by atoms with E-state index in [1.165, 1.54) is 0 Å². The minimum Gasteiger partial charge on any atom is -0.461 e. The van der Waals surface area contributed by atoms with Crippen LogP contribution in [0, 0.1) is 5.92 Å². The number of carbonyl (C=O) groups is 1. The summed E-state index contributed by atoms with van der Waals surface area (Å²) in [6.45, 7) is 3.91. The molecule has 0 unspecified atom stereocenters. The van der Waals surface area contributed by atoms with Gasteiger partial charge in [0.1, 0.15) is 6.61 Å². The van der Waals surface area contributed by atoms with E-state index in [0.29, 0.717) is 13.0 Å². The maximum Gasteiger partial charge on any atom is 0.311 e. The van der Waals surface area contributed by atoms with E-state index >= 15 is 0 Å². The summed E-state index contributed by atoms with van der Waals surface area (Å²) in [4.78, 5) is 12.1. The fourth-order valence-corrected chi connectivity index (χ4v) is 2.67. The lowest BCUT2D eigenvalue weighted by Crippen LogP contribution is -2.28. The maximum atomic E-state index is 12.1. The lowest BCUT2D eigenvalue weighted by atomic mass is 10.0. The van der Waals surface area contributed by atoms with E-state index < -0.39 is 0 Å². The van der Waals surface area contributed by atoms with Crippen LogP contribution in [0.15, 0.2) is 30.3 Å². The number of esters is 1. The smallest absolute Gasteiger partial charge is 0.311 e. The van der Waals surface area contributed by atoms with Crippen LogP contribution < -0.4 is 0 Å². The van der Waals surface area contributed by atoms with Crippen LogP contribution in [-0.4, -0.2) is 29.4 Å². The molecule has 0 aromatic heterocycles. The van der Waals surface area contributed by atoms with Crippen molar-refractivity contribution in [3.05, 3.63) is 35.9 Å². The minimum absolute atomic E-state index is 0.0550. The highest BCUT2D eigenvalue weighted by Gasteiger charge is 2.34. The van der Waals surface area contributed by atoms with Crippen LogP contribution in [0.1, 0.15) is 38.7 Å². The van der Waals surface area contributed by atoms with Crippen molar-refractivity contribution in [2.24, 2.45) is 5.92 Å². The van der Waals surface area contributed by atoms with Gasteiger partial charge in [0.25, 0.3) is 0 Å². The van der Waals surface area contributed by atoms with Crippen LogP contribution in [0.5, 0.6) is 0 Å². The van der Waals surface area contributed by atoms with E-state index in [4.69, 9.17) is 9.47 Å². The second kappa shape index (κ2) is 7.57. The number of ether oxygens (including phenoxy) is 2. The average Bonchev–Trinajstić information content (AvgIpc) is 2.92. The summed E-state index contributed by atoms with van der Waals surface area (Å²) >= 11 is 0.